The number of aromatic nitrogens is 2. The molecular formula is C35H34N4O2. The van der Waals surface area contributed by atoms with E-state index in [1.807, 2.05) is 112 Å². The van der Waals surface area contributed by atoms with E-state index in [9.17, 15) is 9.59 Å². The maximum atomic E-state index is 13.7. The summed E-state index contributed by atoms with van der Waals surface area (Å²) in [5.41, 5.74) is 7.57. The number of nitrogens with one attached hydrogen (secondary N) is 1. The number of fused-ring (bicyclic) bond motifs is 3. The average Bonchev–Trinajstić information content (AvgIpc) is 3.21. The molecule has 0 saturated carbocycles. The fraction of sp³-hybridized carbons (Fsp3) is 0.171. The minimum Gasteiger partial charge on any atom is -0.331 e. The van der Waals surface area contributed by atoms with Gasteiger partial charge in [-0.25, -0.2) is 4.98 Å². The van der Waals surface area contributed by atoms with Gasteiger partial charge in [0.2, 0.25) is 0 Å². The molecule has 0 fully saturated rings. The van der Waals surface area contributed by atoms with Gasteiger partial charge in [-0.1, -0.05) is 80.6 Å². The van der Waals surface area contributed by atoms with E-state index in [1.54, 1.807) is 24.3 Å². The van der Waals surface area contributed by atoms with Gasteiger partial charge >= 0.3 is 0 Å². The van der Waals surface area contributed by atoms with Gasteiger partial charge in [-0.2, -0.15) is 0 Å². The molecule has 6 rings (SSSR count). The number of anilines is 2. The number of carbonyl (C=O) groups excluding carboxylic acids is 2. The van der Waals surface area contributed by atoms with Crippen molar-refractivity contribution >= 4 is 23.2 Å². The summed E-state index contributed by atoms with van der Waals surface area (Å²) in [6.07, 6.45) is 0.673. The normalized spacial score (nSPS) is 11.9. The van der Waals surface area contributed by atoms with Crippen LogP contribution in [0.1, 0.15) is 46.1 Å². The Morgan fingerprint density at radius 2 is 1.41 bits per heavy atom. The quantitative estimate of drug-likeness (QED) is 0.255. The minimum atomic E-state index is -0.199. The summed E-state index contributed by atoms with van der Waals surface area (Å²) in [5.74, 6) is 0.674. The minimum absolute atomic E-state index is 0.0840. The van der Waals surface area contributed by atoms with Gasteiger partial charge in [0.15, 0.2) is 0 Å². The molecule has 0 spiro atoms. The first-order valence-corrected chi connectivity index (χ1v) is 14.0. The van der Waals surface area contributed by atoms with Crippen LogP contribution in [-0.2, 0) is 13.5 Å². The summed E-state index contributed by atoms with van der Waals surface area (Å²) in [5, 5.41) is 2.98. The van der Waals surface area contributed by atoms with Crippen molar-refractivity contribution in [3.8, 4) is 22.4 Å². The topological polar surface area (TPSA) is 67.2 Å². The molecule has 0 bridgehead atoms. The van der Waals surface area contributed by atoms with Crippen LogP contribution in [0, 0.1) is 6.92 Å². The lowest BCUT2D eigenvalue weighted by Crippen LogP contribution is -2.32. The molecule has 2 heterocycles. The summed E-state index contributed by atoms with van der Waals surface area (Å²) in [4.78, 5) is 33.5. The summed E-state index contributed by atoms with van der Waals surface area (Å²) in [6, 6.07) is 32.5. The van der Waals surface area contributed by atoms with E-state index in [-0.39, 0.29) is 11.8 Å². The predicted octanol–water partition coefficient (Wildman–Crippen LogP) is 7.54. The molecule has 1 N–H and O–H groups in total. The van der Waals surface area contributed by atoms with Crippen molar-refractivity contribution in [3.05, 3.63) is 126 Å². The van der Waals surface area contributed by atoms with Crippen LogP contribution in [-0.4, -0.2) is 27.9 Å². The number of carbonyl (C=O) groups is 2. The molecular weight excluding hydrogens is 508 g/mol. The summed E-state index contributed by atoms with van der Waals surface area (Å²) in [7, 11) is 2.01. The lowest BCUT2D eigenvalue weighted by Gasteiger charge is -2.23. The van der Waals surface area contributed by atoms with Gasteiger partial charge in [-0.05, 0) is 54.4 Å². The highest BCUT2D eigenvalue weighted by Gasteiger charge is 2.28. The van der Waals surface area contributed by atoms with Gasteiger partial charge in [0.05, 0.1) is 17.1 Å². The second-order valence-electron chi connectivity index (χ2n) is 9.68. The largest absolute Gasteiger partial charge is 0.331 e. The lowest BCUT2D eigenvalue weighted by molar-refractivity contribution is 0.0986. The van der Waals surface area contributed by atoms with Crippen LogP contribution in [0.5, 0.6) is 0 Å². The van der Waals surface area contributed by atoms with E-state index in [0.717, 1.165) is 39.6 Å². The maximum Gasteiger partial charge on any atom is 0.258 e. The summed E-state index contributed by atoms with van der Waals surface area (Å²) < 4.78 is 2.09. The van der Waals surface area contributed by atoms with Crippen molar-refractivity contribution in [2.24, 2.45) is 7.05 Å². The number of rotatable bonds is 4. The summed E-state index contributed by atoms with van der Waals surface area (Å²) in [6.45, 7) is 6.54. The Bertz CT molecular complexity index is 1690. The Morgan fingerprint density at radius 1 is 0.780 bits per heavy atom. The SMILES string of the molecule is CC.Cc1nc2c(n1C)-c1ccccc1N(C(=O)c1ccc(NC(=O)c3ccccc3-c3ccccc3)cc1)CC2. The van der Waals surface area contributed by atoms with Crippen LogP contribution in [0.2, 0.25) is 0 Å². The van der Waals surface area contributed by atoms with Gasteiger partial charge in [-0.3, -0.25) is 9.59 Å². The number of benzene rings is 4. The van der Waals surface area contributed by atoms with Crippen molar-refractivity contribution in [2.75, 3.05) is 16.8 Å². The van der Waals surface area contributed by atoms with Crippen molar-refractivity contribution in [1.29, 1.82) is 0 Å². The molecule has 1 aliphatic rings. The first kappa shape index (κ1) is 27.6. The highest BCUT2D eigenvalue weighted by atomic mass is 16.2. The second-order valence-corrected chi connectivity index (χ2v) is 9.68. The number of aryl methyl sites for hydroxylation is 1. The molecule has 4 aromatic carbocycles. The van der Waals surface area contributed by atoms with Gasteiger partial charge in [0.25, 0.3) is 11.8 Å². The molecule has 41 heavy (non-hydrogen) atoms. The molecule has 1 aromatic heterocycles. The molecule has 206 valence electrons. The third kappa shape index (κ3) is 5.41. The standard InChI is InChI=1S/C33H28N4O2.C2H6/c1-22-34-29-20-21-37(30-15-9-8-14-28(30)31(29)36(22)2)33(39)24-16-18-25(19-17-24)35-32(38)27-13-7-6-12-26(27)23-10-4-3-5-11-23;1-2/h3-19H,20-21H2,1-2H3,(H,35,38);1-2H3. The molecule has 2 amide bonds. The zero-order valence-corrected chi connectivity index (χ0v) is 23.9. The molecule has 0 unspecified atom stereocenters. The molecule has 5 aromatic rings. The Kier molecular flexibility index (Phi) is 8.11. The first-order valence-electron chi connectivity index (χ1n) is 14.0. The molecule has 6 nitrogen and oxygen atoms in total. The Morgan fingerprint density at radius 3 is 2.15 bits per heavy atom. The lowest BCUT2D eigenvalue weighted by atomic mass is 9.99. The van der Waals surface area contributed by atoms with Crippen LogP contribution in [0.15, 0.2) is 103 Å². The number of para-hydroxylation sites is 1. The van der Waals surface area contributed by atoms with Crippen LogP contribution in [0.3, 0.4) is 0 Å². The fourth-order valence-corrected chi connectivity index (χ4v) is 5.25. The third-order valence-electron chi connectivity index (χ3n) is 7.30. The van der Waals surface area contributed by atoms with E-state index in [4.69, 9.17) is 4.98 Å². The van der Waals surface area contributed by atoms with Gasteiger partial charge in [0.1, 0.15) is 5.82 Å². The van der Waals surface area contributed by atoms with Gasteiger partial charge in [-0.15, -0.1) is 0 Å². The molecule has 0 aliphatic carbocycles. The van der Waals surface area contributed by atoms with E-state index >= 15 is 0 Å². The van der Waals surface area contributed by atoms with E-state index < -0.39 is 0 Å². The van der Waals surface area contributed by atoms with Crippen molar-refractivity contribution in [1.82, 2.24) is 9.55 Å². The van der Waals surface area contributed by atoms with E-state index in [2.05, 4.69) is 9.88 Å². The van der Waals surface area contributed by atoms with Crippen molar-refractivity contribution in [2.45, 2.75) is 27.2 Å². The van der Waals surface area contributed by atoms with Crippen LogP contribution < -0.4 is 10.2 Å². The number of hydrogen-bond donors (Lipinski definition) is 1. The Hall–Kier alpha value is -4.97. The Balaban J connectivity index is 0.00000165. The monoisotopic (exact) mass is 542 g/mol. The molecule has 1 aliphatic heterocycles. The van der Waals surface area contributed by atoms with E-state index in [1.165, 1.54) is 0 Å². The molecule has 6 heteroatoms. The smallest absolute Gasteiger partial charge is 0.258 e. The second kappa shape index (κ2) is 12.0. The average molecular weight is 543 g/mol. The molecule has 0 radical (unpaired) electrons. The third-order valence-corrected chi connectivity index (χ3v) is 7.30. The zero-order chi connectivity index (χ0) is 28.9. The van der Waals surface area contributed by atoms with Crippen LogP contribution in [0.4, 0.5) is 11.4 Å². The van der Waals surface area contributed by atoms with Gasteiger partial charge in [0, 0.05) is 42.4 Å². The highest BCUT2D eigenvalue weighted by molar-refractivity contribution is 6.10. The van der Waals surface area contributed by atoms with Crippen molar-refractivity contribution in [3.63, 3.8) is 0 Å². The van der Waals surface area contributed by atoms with Crippen LogP contribution >= 0.6 is 0 Å². The van der Waals surface area contributed by atoms with Crippen LogP contribution in [0.25, 0.3) is 22.4 Å². The van der Waals surface area contributed by atoms with Gasteiger partial charge < -0.3 is 14.8 Å². The highest BCUT2D eigenvalue weighted by Crippen LogP contribution is 2.37. The molecule has 0 saturated heterocycles. The number of nitrogens with zero attached hydrogens (tertiary/aromatic N) is 3. The maximum absolute atomic E-state index is 13.7. The fourth-order valence-electron chi connectivity index (χ4n) is 5.25. The molecule has 0 atom stereocenters. The number of hydrogen-bond acceptors (Lipinski definition) is 3. The van der Waals surface area contributed by atoms with E-state index in [0.29, 0.717) is 29.8 Å². The van der Waals surface area contributed by atoms with Crippen molar-refractivity contribution < 1.29 is 9.59 Å². The summed E-state index contributed by atoms with van der Waals surface area (Å²) >= 11 is 0. The number of amides is 2. The first-order chi connectivity index (χ1) is 20.0. The zero-order valence-electron chi connectivity index (χ0n) is 23.9. The Labute approximate surface area is 241 Å². The number of imidazole rings is 1. The predicted molar refractivity (Wildman–Crippen MR) is 166 cm³/mol.